The Balaban J connectivity index is 1.85. The lowest BCUT2D eigenvalue weighted by molar-refractivity contribution is -0.385. The van der Waals surface area contributed by atoms with E-state index in [4.69, 9.17) is 11.0 Å². The summed E-state index contributed by atoms with van der Waals surface area (Å²) in [5.41, 5.74) is 9.91. The van der Waals surface area contributed by atoms with Crippen molar-refractivity contribution in [3.8, 4) is 17.2 Å². The van der Waals surface area contributed by atoms with Crippen molar-refractivity contribution in [2.75, 3.05) is 0 Å². The van der Waals surface area contributed by atoms with E-state index >= 15 is 0 Å². The van der Waals surface area contributed by atoms with Crippen molar-refractivity contribution in [1.82, 2.24) is 0 Å². The maximum Gasteiger partial charge on any atom is 0.278 e. The number of nitro groups is 1. The Hall–Kier alpha value is -4.24. The van der Waals surface area contributed by atoms with E-state index in [1.165, 1.54) is 12.3 Å². The molecule has 0 aliphatic carbocycles. The van der Waals surface area contributed by atoms with Gasteiger partial charge in [0.1, 0.15) is 0 Å². The number of nitriles is 1. The molecule has 0 heterocycles. The molecular formula is C23H18N4O2. The van der Waals surface area contributed by atoms with Crippen LogP contribution in [0.2, 0.25) is 0 Å². The number of hydrogen-bond donors (Lipinski definition) is 1. The Morgan fingerprint density at radius 3 is 2.59 bits per heavy atom. The Bertz CT molecular complexity index is 1130. The Morgan fingerprint density at radius 1 is 1.07 bits per heavy atom. The van der Waals surface area contributed by atoms with Crippen LogP contribution in [-0.2, 0) is 6.54 Å². The molecule has 3 aromatic carbocycles. The van der Waals surface area contributed by atoms with Crippen LogP contribution in [0, 0.1) is 21.4 Å². The molecule has 142 valence electrons. The normalized spacial score (nSPS) is 11.3. The van der Waals surface area contributed by atoms with Crippen molar-refractivity contribution in [2.24, 2.45) is 10.7 Å². The SMILES string of the molecule is N#Cc1cccc(CN=C/C=C(\N)c2cc(-c3ccccc3)ccc2[N+](=O)[O-])c1. The molecule has 0 spiro atoms. The molecule has 0 saturated carbocycles. The minimum atomic E-state index is -0.449. The quantitative estimate of drug-likeness (QED) is 0.379. The zero-order chi connectivity index (χ0) is 20.6. The van der Waals surface area contributed by atoms with Crippen molar-refractivity contribution in [3.05, 3.63) is 106 Å². The first-order chi connectivity index (χ1) is 14.1. The van der Waals surface area contributed by atoms with Crippen molar-refractivity contribution in [2.45, 2.75) is 6.54 Å². The summed E-state index contributed by atoms with van der Waals surface area (Å²) in [6.45, 7) is 0.380. The second kappa shape index (κ2) is 9.11. The highest BCUT2D eigenvalue weighted by molar-refractivity contribution is 5.87. The second-order valence-electron chi connectivity index (χ2n) is 6.28. The maximum atomic E-state index is 11.4. The van der Waals surface area contributed by atoms with Gasteiger partial charge in [-0.2, -0.15) is 5.26 Å². The molecule has 0 unspecified atom stereocenters. The number of rotatable bonds is 6. The molecule has 0 saturated heterocycles. The van der Waals surface area contributed by atoms with Crippen molar-refractivity contribution in [3.63, 3.8) is 0 Å². The van der Waals surface area contributed by atoms with Crippen LogP contribution in [0.4, 0.5) is 5.69 Å². The van der Waals surface area contributed by atoms with Gasteiger partial charge in [-0.1, -0.05) is 42.5 Å². The monoisotopic (exact) mass is 382 g/mol. The van der Waals surface area contributed by atoms with E-state index in [0.29, 0.717) is 17.7 Å². The fraction of sp³-hybridized carbons (Fsp3) is 0.0435. The van der Waals surface area contributed by atoms with Gasteiger partial charge >= 0.3 is 0 Å². The highest BCUT2D eigenvalue weighted by Crippen LogP contribution is 2.29. The predicted molar refractivity (Wildman–Crippen MR) is 114 cm³/mol. The van der Waals surface area contributed by atoms with E-state index in [-0.39, 0.29) is 11.4 Å². The predicted octanol–water partition coefficient (Wildman–Crippen LogP) is 4.70. The minimum Gasteiger partial charge on any atom is -0.398 e. The fourth-order valence-corrected chi connectivity index (χ4v) is 2.86. The number of allylic oxidation sites excluding steroid dienone is 1. The van der Waals surface area contributed by atoms with E-state index in [2.05, 4.69) is 11.1 Å². The first-order valence-corrected chi connectivity index (χ1v) is 8.87. The topological polar surface area (TPSA) is 105 Å². The number of nitro benzene ring substituents is 1. The molecule has 3 aromatic rings. The summed E-state index contributed by atoms with van der Waals surface area (Å²) in [6, 6.07) is 23.7. The van der Waals surface area contributed by atoms with Crippen LogP contribution in [0.25, 0.3) is 16.8 Å². The van der Waals surface area contributed by atoms with Gasteiger partial charge in [0.25, 0.3) is 5.69 Å². The number of nitrogens with two attached hydrogens (primary N) is 1. The largest absolute Gasteiger partial charge is 0.398 e. The summed E-state index contributed by atoms with van der Waals surface area (Å²) in [4.78, 5) is 15.2. The average Bonchev–Trinajstić information content (AvgIpc) is 2.76. The standard InChI is InChI=1S/C23H18N4O2/c24-15-17-5-4-6-18(13-17)16-26-12-11-22(25)21-14-20(9-10-23(21)27(28)29)19-7-2-1-3-8-19/h1-14H,16,25H2/b22-11-,26-12?. The lowest BCUT2D eigenvalue weighted by atomic mass is 10.0. The van der Waals surface area contributed by atoms with Crippen LogP contribution in [0.1, 0.15) is 16.7 Å². The average molecular weight is 382 g/mol. The molecule has 0 radical (unpaired) electrons. The second-order valence-corrected chi connectivity index (χ2v) is 6.28. The van der Waals surface area contributed by atoms with Crippen molar-refractivity contribution < 1.29 is 4.92 Å². The Morgan fingerprint density at radius 2 is 1.86 bits per heavy atom. The van der Waals surface area contributed by atoms with Gasteiger partial charge < -0.3 is 5.73 Å². The number of aliphatic imine (C=N–C) groups is 1. The van der Waals surface area contributed by atoms with Crippen LogP contribution in [0.15, 0.2) is 83.9 Å². The van der Waals surface area contributed by atoms with Gasteiger partial charge in [0, 0.05) is 18.0 Å². The van der Waals surface area contributed by atoms with Gasteiger partial charge in [0.2, 0.25) is 0 Å². The van der Waals surface area contributed by atoms with Crippen LogP contribution in [0.3, 0.4) is 0 Å². The summed E-state index contributed by atoms with van der Waals surface area (Å²) in [5, 5.41) is 20.4. The molecule has 3 rings (SSSR count). The van der Waals surface area contributed by atoms with E-state index in [1.807, 2.05) is 36.4 Å². The summed E-state index contributed by atoms with van der Waals surface area (Å²) >= 11 is 0. The summed E-state index contributed by atoms with van der Waals surface area (Å²) in [7, 11) is 0. The van der Waals surface area contributed by atoms with Crippen molar-refractivity contribution >= 4 is 17.6 Å². The molecule has 2 N–H and O–H groups in total. The zero-order valence-electron chi connectivity index (χ0n) is 15.5. The van der Waals surface area contributed by atoms with Crippen LogP contribution in [0.5, 0.6) is 0 Å². The first-order valence-electron chi connectivity index (χ1n) is 8.87. The molecule has 29 heavy (non-hydrogen) atoms. The van der Waals surface area contributed by atoms with Crippen LogP contribution >= 0.6 is 0 Å². The van der Waals surface area contributed by atoms with Gasteiger partial charge in [-0.25, -0.2) is 0 Å². The highest BCUT2D eigenvalue weighted by Gasteiger charge is 2.16. The molecule has 0 atom stereocenters. The third-order valence-corrected chi connectivity index (χ3v) is 4.30. The lowest BCUT2D eigenvalue weighted by Gasteiger charge is -2.07. The smallest absolute Gasteiger partial charge is 0.278 e. The minimum absolute atomic E-state index is 0.0615. The van der Waals surface area contributed by atoms with Crippen LogP contribution in [-0.4, -0.2) is 11.1 Å². The van der Waals surface area contributed by atoms with Crippen molar-refractivity contribution in [1.29, 1.82) is 5.26 Å². The third-order valence-electron chi connectivity index (χ3n) is 4.30. The third kappa shape index (κ3) is 4.93. The maximum absolute atomic E-state index is 11.4. The van der Waals surface area contributed by atoms with E-state index in [9.17, 15) is 10.1 Å². The Labute approximate surface area is 168 Å². The van der Waals surface area contributed by atoms with E-state index in [0.717, 1.165) is 16.7 Å². The fourth-order valence-electron chi connectivity index (χ4n) is 2.86. The van der Waals surface area contributed by atoms with Gasteiger partial charge in [-0.3, -0.25) is 15.1 Å². The molecule has 0 amide bonds. The van der Waals surface area contributed by atoms with Gasteiger partial charge in [0.05, 0.1) is 28.7 Å². The molecule has 0 aliphatic heterocycles. The Kier molecular flexibility index (Phi) is 6.13. The number of benzene rings is 3. The molecule has 0 aliphatic rings. The molecule has 6 nitrogen and oxygen atoms in total. The lowest BCUT2D eigenvalue weighted by Crippen LogP contribution is -2.02. The van der Waals surface area contributed by atoms with Crippen LogP contribution < -0.4 is 5.73 Å². The molecular weight excluding hydrogens is 364 g/mol. The molecule has 6 heteroatoms. The van der Waals surface area contributed by atoms with E-state index in [1.54, 1.807) is 36.4 Å². The summed E-state index contributed by atoms with van der Waals surface area (Å²) < 4.78 is 0. The molecule has 0 aromatic heterocycles. The number of hydrogen-bond acceptors (Lipinski definition) is 5. The molecule has 0 bridgehead atoms. The highest BCUT2D eigenvalue weighted by atomic mass is 16.6. The zero-order valence-corrected chi connectivity index (χ0v) is 15.5. The summed E-state index contributed by atoms with van der Waals surface area (Å²) in [5.74, 6) is 0. The summed E-state index contributed by atoms with van der Waals surface area (Å²) in [6.07, 6.45) is 3.07. The van der Waals surface area contributed by atoms with Gasteiger partial charge in [-0.05, 0) is 47.0 Å². The van der Waals surface area contributed by atoms with Gasteiger partial charge in [0.15, 0.2) is 0 Å². The first kappa shape index (κ1) is 19.5. The van der Waals surface area contributed by atoms with Gasteiger partial charge in [-0.15, -0.1) is 0 Å². The molecule has 0 fully saturated rings. The van der Waals surface area contributed by atoms with E-state index < -0.39 is 4.92 Å². The number of nitrogens with zero attached hydrogens (tertiary/aromatic N) is 3.